The van der Waals surface area contributed by atoms with Crippen molar-refractivity contribution >= 4 is 86.4 Å². The van der Waals surface area contributed by atoms with Crippen LogP contribution in [0.3, 0.4) is 0 Å². The lowest BCUT2D eigenvalue weighted by molar-refractivity contribution is 0.157. The van der Waals surface area contributed by atoms with Crippen molar-refractivity contribution in [2.24, 2.45) is 5.92 Å². The maximum absolute atomic E-state index is 4.14. The third-order valence-electron chi connectivity index (χ3n) is 15.3. The topological polar surface area (TPSA) is 29.0 Å². The number of aromatic nitrogens is 1. The quantitative estimate of drug-likeness (QED) is 0.163. The zero-order valence-corrected chi connectivity index (χ0v) is 37.2. The van der Waals surface area contributed by atoms with Gasteiger partial charge in [0.25, 0.3) is 0 Å². The molecule has 14 rings (SSSR count). The van der Waals surface area contributed by atoms with Gasteiger partial charge < -0.3 is 4.57 Å². The van der Waals surface area contributed by atoms with Gasteiger partial charge in [0.2, 0.25) is 0 Å². The first kappa shape index (κ1) is 38.4. The Morgan fingerprint density at radius 2 is 0.985 bits per heavy atom. The number of nitrogens with zero attached hydrogens (tertiary/aromatic N) is 1. The van der Waals surface area contributed by atoms with Crippen molar-refractivity contribution in [2.45, 2.75) is 31.6 Å². The molecule has 13 aromatic rings. The van der Waals surface area contributed by atoms with E-state index in [4.69, 9.17) is 0 Å². The van der Waals surface area contributed by atoms with Crippen LogP contribution < -0.4 is 10.6 Å². The molecule has 2 N–H and O–H groups in total. The second-order valence-electron chi connectivity index (χ2n) is 18.7. The lowest BCUT2D eigenvalue weighted by Gasteiger charge is -2.45. The second kappa shape index (κ2) is 15.1. The van der Waals surface area contributed by atoms with Crippen LogP contribution in [0.4, 0.5) is 0 Å². The Morgan fingerprint density at radius 1 is 0.388 bits per heavy atom. The number of benzene rings is 12. The fourth-order valence-corrected chi connectivity index (χ4v) is 12.3. The molecule has 318 valence electrons. The molecule has 0 bridgehead atoms. The highest BCUT2D eigenvalue weighted by molar-refractivity contribution is 6.39. The molecule has 1 aliphatic heterocycles. The number of nitrogens with one attached hydrogen (secondary N) is 2. The molecule has 67 heavy (non-hydrogen) atoms. The van der Waals surface area contributed by atoms with E-state index in [9.17, 15) is 0 Å². The van der Waals surface area contributed by atoms with E-state index in [0.717, 1.165) is 6.42 Å². The second-order valence-corrected chi connectivity index (χ2v) is 18.7. The fraction of sp³-hybridized carbons (Fsp3) is 0.0938. The fourth-order valence-electron chi connectivity index (χ4n) is 12.3. The van der Waals surface area contributed by atoms with Crippen LogP contribution in [0.5, 0.6) is 0 Å². The Hall–Kier alpha value is -7.82. The lowest BCUT2D eigenvalue weighted by atomic mass is 9.79. The molecule has 3 nitrogen and oxygen atoms in total. The average Bonchev–Trinajstić information content (AvgIpc) is 3.73. The molecule has 0 saturated carbocycles. The van der Waals surface area contributed by atoms with E-state index in [0.29, 0.717) is 5.92 Å². The normalized spacial score (nSPS) is 17.9. The van der Waals surface area contributed by atoms with Gasteiger partial charge >= 0.3 is 0 Å². The minimum atomic E-state index is -0.0588. The van der Waals surface area contributed by atoms with Gasteiger partial charge in [-0.3, -0.25) is 10.6 Å². The van der Waals surface area contributed by atoms with Gasteiger partial charge in [0.05, 0.1) is 17.2 Å². The zero-order valence-electron chi connectivity index (χ0n) is 37.2. The predicted octanol–water partition coefficient (Wildman–Crippen LogP) is 16.5. The molecule has 1 saturated heterocycles. The first-order valence-corrected chi connectivity index (χ1v) is 23.9. The first-order valence-electron chi connectivity index (χ1n) is 23.9. The van der Waals surface area contributed by atoms with Gasteiger partial charge in [-0.25, -0.2) is 0 Å². The summed E-state index contributed by atoms with van der Waals surface area (Å²) >= 11 is 0. The van der Waals surface area contributed by atoms with Gasteiger partial charge in [0.1, 0.15) is 0 Å². The van der Waals surface area contributed by atoms with Crippen molar-refractivity contribution < 1.29 is 0 Å². The number of fused-ring (bicyclic) bond motifs is 9. The maximum atomic E-state index is 4.14. The zero-order chi connectivity index (χ0) is 44.2. The van der Waals surface area contributed by atoms with E-state index >= 15 is 0 Å². The summed E-state index contributed by atoms with van der Waals surface area (Å²) in [6.45, 7) is 2.33. The summed E-state index contributed by atoms with van der Waals surface area (Å²) in [4.78, 5) is 0. The molecule has 1 fully saturated rings. The molecule has 2 atom stereocenters. The van der Waals surface area contributed by atoms with Crippen LogP contribution in [0.1, 0.15) is 48.3 Å². The molecule has 0 aliphatic carbocycles. The van der Waals surface area contributed by atoms with Crippen LogP contribution in [0.25, 0.3) is 103 Å². The summed E-state index contributed by atoms with van der Waals surface area (Å²) in [6.07, 6.45) is 0.992. The van der Waals surface area contributed by atoms with Crippen molar-refractivity contribution in [1.29, 1.82) is 0 Å². The molecule has 2 heterocycles. The van der Waals surface area contributed by atoms with Crippen molar-refractivity contribution in [3.8, 4) is 16.8 Å². The van der Waals surface area contributed by atoms with Crippen molar-refractivity contribution in [3.63, 3.8) is 0 Å². The Balaban J connectivity index is 0.954. The highest BCUT2D eigenvalue weighted by atomic mass is 15.2. The molecule has 2 unspecified atom stereocenters. The standard InChI is InChI=1S/C64H47N3/c1-2-46-62(40-17-5-3-6-18-40)65-64(66-63(46)41-19-7-4-8-20-41)55-35-34-49(51-24-13-14-25-52(51)55)44-30-32-54-56(37-44)53-26-15-27-57-60(53)61-58(38-42-21-10-12-23-50(42)59(54)61)67(57)45-31-33-48-43(36-45)29-28-39-16-9-11-22-47(39)48/h3-38,46,62-66H,2H2,1H3. The largest absolute Gasteiger partial charge is 0.309 e. The third kappa shape index (κ3) is 5.85. The average molecular weight is 858 g/mol. The van der Waals surface area contributed by atoms with Gasteiger partial charge in [0.15, 0.2) is 0 Å². The van der Waals surface area contributed by atoms with Crippen LogP contribution in [-0.2, 0) is 0 Å². The number of rotatable bonds is 6. The molecule has 12 aromatic carbocycles. The van der Waals surface area contributed by atoms with Gasteiger partial charge in [-0.2, -0.15) is 0 Å². The van der Waals surface area contributed by atoms with Crippen LogP contribution in [0.2, 0.25) is 0 Å². The minimum Gasteiger partial charge on any atom is -0.309 e. The molecule has 3 heteroatoms. The van der Waals surface area contributed by atoms with Crippen LogP contribution >= 0.6 is 0 Å². The molecule has 0 radical (unpaired) electrons. The van der Waals surface area contributed by atoms with Crippen molar-refractivity contribution in [3.05, 3.63) is 235 Å². The van der Waals surface area contributed by atoms with E-state index in [1.165, 1.54) is 120 Å². The summed E-state index contributed by atoms with van der Waals surface area (Å²) in [6, 6.07) is 82.0. The van der Waals surface area contributed by atoms with E-state index in [1.807, 2.05) is 0 Å². The SMILES string of the molecule is CCC1C(c2ccccc2)NC(c2ccc(-c3ccc4c(c3)c3cccc5c3c3c4c4ccccc4cc3n5-c3ccc4c(ccc5ccccc54)c3)c3ccccc23)NC1c1ccccc1. The minimum absolute atomic E-state index is 0.0588. The van der Waals surface area contributed by atoms with E-state index < -0.39 is 0 Å². The number of hydrogen-bond donors (Lipinski definition) is 2. The highest BCUT2D eigenvalue weighted by Crippen LogP contribution is 2.49. The van der Waals surface area contributed by atoms with Crippen molar-refractivity contribution in [2.75, 3.05) is 0 Å². The Kier molecular flexibility index (Phi) is 8.67. The van der Waals surface area contributed by atoms with Gasteiger partial charge in [0, 0.05) is 33.9 Å². The first-order chi connectivity index (χ1) is 33.2. The lowest BCUT2D eigenvalue weighted by Crippen LogP contribution is -2.50. The number of hydrogen-bond acceptors (Lipinski definition) is 2. The van der Waals surface area contributed by atoms with E-state index in [1.54, 1.807) is 0 Å². The monoisotopic (exact) mass is 857 g/mol. The summed E-state index contributed by atoms with van der Waals surface area (Å²) in [5, 5.41) is 26.3. The van der Waals surface area contributed by atoms with Crippen molar-refractivity contribution in [1.82, 2.24) is 15.2 Å². The molecular weight excluding hydrogens is 811 g/mol. The molecule has 0 amide bonds. The Morgan fingerprint density at radius 3 is 1.75 bits per heavy atom. The summed E-state index contributed by atoms with van der Waals surface area (Å²) < 4.78 is 2.51. The molecular formula is C64H47N3. The molecule has 0 spiro atoms. The summed E-state index contributed by atoms with van der Waals surface area (Å²) in [5.74, 6) is 0.375. The van der Waals surface area contributed by atoms with E-state index in [2.05, 4.69) is 241 Å². The molecule has 1 aliphatic rings. The Labute approximate surface area is 389 Å². The molecule has 1 aromatic heterocycles. The summed E-state index contributed by atoms with van der Waals surface area (Å²) in [7, 11) is 0. The highest BCUT2D eigenvalue weighted by Gasteiger charge is 2.38. The van der Waals surface area contributed by atoms with Crippen LogP contribution in [0, 0.1) is 5.92 Å². The predicted molar refractivity (Wildman–Crippen MR) is 284 cm³/mol. The van der Waals surface area contributed by atoms with Crippen LogP contribution in [-0.4, -0.2) is 4.57 Å². The van der Waals surface area contributed by atoms with Gasteiger partial charge in [-0.1, -0.05) is 195 Å². The van der Waals surface area contributed by atoms with Crippen LogP contribution in [0.15, 0.2) is 218 Å². The summed E-state index contributed by atoms with van der Waals surface area (Å²) in [5.41, 5.74) is 10.0. The maximum Gasteiger partial charge on any atom is 0.0851 e. The van der Waals surface area contributed by atoms with Gasteiger partial charge in [-0.05, 0) is 130 Å². The third-order valence-corrected chi connectivity index (χ3v) is 15.3. The van der Waals surface area contributed by atoms with E-state index in [-0.39, 0.29) is 18.2 Å². The van der Waals surface area contributed by atoms with Gasteiger partial charge in [-0.15, -0.1) is 0 Å². The Bertz CT molecular complexity index is 4010. The smallest absolute Gasteiger partial charge is 0.0851 e.